The number of aliphatic carboxylic acids is 1. The average Bonchev–Trinajstić information content (AvgIpc) is 2.81. The molecule has 2 aromatic carbocycles. The molecule has 3 aromatic rings. The molecule has 1 aromatic heterocycles. The first-order valence-corrected chi connectivity index (χ1v) is 7.02. The van der Waals surface area contributed by atoms with Crippen LogP contribution in [0.1, 0.15) is 6.92 Å². The molecule has 4 heteroatoms. The molecule has 3 rings (SSSR count). The Balaban J connectivity index is 2.17. The second kappa shape index (κ2) is 5.58. The Bertz CT molecular complexity index is 738. The van der Waals surface area contributed by atoms with Gasteiger partial charge in [0.2, 0.25) is 0 Å². The lowest BCUT2D eigenvalue weighted by Crippen LogP contribution is -2.29. The molecular weight excluding hydrogens is 266 g/mol. The third-order valence-corrected chi connectivity index (χ3v) is 3.67. The first kappa shape index (κ1) is 13.6. The van der Waals surface area contributed by atoms with Crippen LogP contribution in [0.15, 0.2) is 48.5 Å². The number of carbonyl (C=O) groups is 1. The Morgan fingerprint density at radius 3 is 2.10 bits per heavy atom. The van der Waals surface area contributed by atoms with Gasteiger partial charge in [-0.15, -0.1) is 0 Å². The molecule has 1 heterocycles. The summed E-state index contributed by atoms with van der Waals surface area (Å²) in [4.78, 5) is 11.3. The molecule has 1 atom stereocenters. The van der Waals surface area contributed by atoms with Crippen LogP contribution in [0, 0.1) is 0 Å². The zero-order valence-corrected chi connectivity index (χ0v) is 11.8. The third-order valence-electron chi connectivity index (χ3n) is 3.67. The summed E-state index contributed by atoms with van der Waals surface area (Å²) < 4.78 is 7.38. The molecular formula is C17H17NO3. The van der Waals surface area contributed by atoms with Crippen molar-refractivity contribution in [1.29, 1.82) is 0 Å². The number of carboxylic acids is 1. The van der Waals surface area contributed by atoms with E-state index in [-0.39, 0.29) is 0 Å². The molecule has 0 saturated carbocycles. The van der Waals surface area contributed by atoms with E-state index in [4.69, 9.17) is 4.74 Å². The minimum Gasteiger partial charge on any atom is -0.479 e. The predicted molar refractivity (Wildman–Crippen MR) is 82.5 cm³/mol. The van der Waals surface area contributed by atoms with Crippen LogP contribution in [0.4, 0.5) is 0 Å². The molecule has 1 unspecified atom stereocenters. The Labute approximate surface area is 122 Å². The number of benzene rings is 2. The summed E-state index contributed by atoms with van der Waals surface area (Å²) in [5.41, 5.74) is 2.06. The van der Waals surface area contributed by atoms with Crippen molar-refractivity contribution in [1.82, 2.24) is 4.57 Å². The van der Waals surface area contributed by atoms with Crippen LogP contribution in [-0.2, 0) is 16.1 Å². The number of para-hydroxylation sites is 2. The second-order valence-corrected chi connectivity index (χ2v) is 4.93. The molecule has 108 valence electrons. The summed E-state index contributed by atoms with van der Waals surface area (Å²) in [6.45, 7) is 2.49. The highest BCUT2D eigenvalue weighted by Gasteiger charge is 2.20. The van der Waals surface area contributed by atoms with Gasteiger partial charge in [-0.2, -0.15) is 0 Å². The van der Waals surface area contributed by atoms with E-state index in [0.29, 0.717) is 13.2 Å². The standard InChI is InChI=1S/C17H17NO3/c1-2-21-16(17(19)20)11-18-14-9-5-3-7-12(14)13-8-4-6-10-15(13)18/h3-10,16H,2,11H2,1H3,(H,19,20). The third kappa shape index (κ3) is 2.38. The monoisotopic (exact) mass is 283 g/mol. The van der Waals surface area contributed by atoms with E-state index in [0.717, 1.165) is 21.8 Å². The summed E-state index contributed by atoms with van der Waals surface area (Å²) in [5.74, 6) is -0.932. The van der Waals surface area contributed by atoms with Gasteiger partial charge in [-0.05, 0) is 19.1 Å². The van der Waals surface area contributed by atoms with Crippen LogP contribution < -0.4 is 0 Å². The lowest BCUT2D eigenvalue weighted by atomic mass is 10.2. The van der Waals surface area contributed by atoms with E-state index in [2.05, 4.69) is 12.1 Å². The quantitative estimate of drug-likeness (QED) is 0.781. The molecule has 0 bridgehead atoms. The van der Waals surface area contributed by atoms with E-state index in [1.807, 2.05) is 47.9 Å². The fourth-order valence-electron chi connectivity index (χ4n) is 2.77. The van der Waals surface area contributed by atoms with Crippen LogP contribution in [0.2, 0.25) is 0 Å². The van der Waals surface area contributed by atoms with Gasteiger partial charge < -0.3 is 14.4 Å². The fourth-order valence-corrected chi connectivity index (χ4v) is 2.77. The van der Waals surface area contributed by atoms with Crippen molar-refractivity contribution in [2.24, 2.45) is 0 Å². The number of fused-ring (bicyclic) bond motifs is 3. The molecule has 0 aliphatic rings. The highest BCUT2D eigenvalue weighted by atomic mass is 16.5. The Morgan fingerprint density at radius 1 is 1.10 bits per heavy atom. The zero-order valence-electron chi connectivity index (χ0n) is 11.8. The van der Waals surface area contributed by atoms with Gasteiger partial charge in [0.15, 0.2) is 6.10 Å². The van der Waals surface area contributed by atoms with Crippen molar-refractivity contribution in [3.8, 4) is 0 Å². The number of rotatable bonds is 5. The van der Waals surface area contributed by atoms with Gasteiger partial charge in [0.1, 0.15) is 0 Å². The molecule has 0 aliphatic carbocycles. The summed E-state index contributed by atoms with van der Waals surface area (Å²) >= 11 is 0. The van der Waals surface area contributed by atoms with Crippen LogP contribution in [0.5, 0.6) is 0 Å². The van der Waals surface area contributed by atoms with E-state index in [9.17, 15) is 9.90 Å². The highest BCUT2D eigenvalue weighted by Crippen LogP contribution is 2.29. The van der Waals surface area contributed by atoms with Gasteiger partial charge in [-0.25, -0.2) is 4.79 Å². The van der Waals surface area contributed by atoms with Gasteiger partial charge in [0.05, 0.1) is 6.54 Å². The minimum absolute atomic E-state index is 0.303. The average molecular weight is 283 g/mol. The number of aromatic nitrogens is 1. The number of hydrogen-bond donors (Lipinski definition) is 1. The summed E-state index contributed by atoms with van der Waals surface area (Å²) in [7, 11) is 0. The van der Waals surface area contributed by atoms with Gasteiger partial charge in [0, 0.05) is 28.4 Å². The van der Waals surface area contributed by atoms with Crippen molar-refractivity contribution < 1.29 is 14.6 Å². The number of hydrogen-bond acceptors (Lipinski definition) is 2. The Kier molecular flexibility index (Phi) is 3.62. The van der Waals surface area contributed by atoms with Crippen molar-refractivity contribution in [2.45, 2.75) is 19.6 Å². The number of ether oxygens (including phenoxy) is 1. The molecule has 0 saturated heterocycles. The number of carboxylic acid groups (broad SMARTS) is 1. The van der Waals surface area contributed by atoms with Crippen molar-refractivity contribution >= 4 is 27.8 Å². The first-order chi connectivity index (χ1) is 10.2. The van der Waals surface area contributed by atoms with Crippen LogP contribution in [-0.4, -0.2) is 28.4 Å². The SMILES string of the molecule is CCOC(Cn1c2ccccc2c2ccccc21)C(=O)O. The highest BCUT2D eigenvalue weighted by molar-refractivity contribution is 6.08. The maximum atomic E-state index is 11.3. The van der Waals surface area contributed by atoms with E-state index >= 15 is 0 Å². The van der Waals surface area contributed by atoms with Gasteiger partial charge in [0.25, 0.3) is 0 Å². The lowest BCUT2D eigenvalue weighted by molar-refractivity contribution is -0.150. The van der Waals surface area contributed by atoms with Crippen LogP contribution in [0.3, 0.4) is 0 Å². The summed E-state index contributed by atoms with van der Waals surface area (Å²) in [6.07, 6.45) is -0.839. The zero-order chi connectivity index (χ0) is 14.8. The summed E-state index contributed by atoms with van der Waals surface area (Å²) in [6, 6.07) is 16.1. The van der Waals surface area contributed by atoms with Crippen molar-refractivity contribution in [3.05, 3.63) is 48.5 Å². The normalized spacial score (nSPS) is 12.8. The topological polar surface area (TPSA) is 51.5 Å². The van der Waals surface area contributed by atoms with E-state index in [1.54, 1.807) is 0 Å². The van der Waals surface area contributed by atoms with E-state index < -0.39 is 12.1 Å². The molecule has 21 heavy (non-hydrogen) atoms. The van der Waals surface area contributed by atoms with Crippen LogP contribution >= 0.6 is 0 Å². The van der Waals surface area contributed by atoms with Gasteiger partial charge >= 0.3 is 5.97 Å². The van der Waals surface area contributed by atoms with E-state index in [1.165, 1.54) is 0 Å². The smallest absolute Gasteiger partial charge is 0.334 e. The van der Waals surface area contributed by atoms with Crippen LogP contribution in [0.25, 0.3) is 21.8 Å². The van der Waals surface area contributed by atoms with Gasteiger partial charge in [-0.3, -0.25) is 0 Å². The Hall–Kier alpha value is -2.33. The van der Waals surface area contributed by atoms with Gasteiger partial charge in [-0.1, -0.05) is 36.4 Å². The predicted octanol–water partition coefficient (Wildman–Crippen LogP) is 3.28. The van der Waals surface area contributed by atoms with Crippen molar-refractivity contribution in [2.75, 3.05) is 6.61 Å². The molecule has 1 N–H and O–H groups in total. The minimum atomic E-state index is -0.932. The number of nitrogens with zero attached hydrogens (tertiary/aromatic N) is 1. The maximum absolute atomic E-state index is 11.3. The maximum Gasteiger partial charge on any atom is 0.334 e. The molecule has 0 aliphatic heterocycles. The lowest BCUT2D eigenvalue weighted by Gasteiger charge is -2.15. The molecule has 4 nitrogen and oxygen atoms in total. The second-order valence-electron chi connectivity index (χ2n) is 4.93. The summed E-state index contributed by atoms with van der Waals surface area (Å²) in [5, 5.41) is 11.6. The Morgan fingerprint density at radius 2 is 1.62 bits per heavy atom. The molecule has 0 amide bonds. The first-order valence-electron chi connectivity index (χ1n) is 7.02. The molecule has 0 spiro atoms. The molecule has 0 fully saturated rings. The van der Waals surface area contributed by atoms with Crippen molar-refractivity contribution in [3.63, 3.8) is 0 Å². The fraction of sp³-hybridized carbons (Fsp3) is 0.235. The molecule has 0 radical (unpaired) electrons. The largest absolute Gasteiger partial charge is 0.479 e.